The number of hydrogen-bond donors (Lipinski definition) is 0. The van der Waals surface area contributed by atoms with Crippen molar-refractivity contribution in [3.8, 4) is 0 Å². The molecule has 5 aromatic rings. The number of para-hydroxylation sites is 3. The summed E-state index contributed by atoms with van der Waals surface area (Å²) in [5.41, 5.74) is 14.2. The molecular weight excluding hydrogens is 423 g/mol. The third kappa shape index (κ3) is 2.85. The first-order valence-electron chi connectivity index (χ1n) is 12.3. The molecule has 3 heteroatoms. The fourth-order valence-electron chi connectivity index (χ4n) is 5.93. The molecule has 5 aromatic carbocycles. The molecule has 0 bridgehead atoms. The van der Waals surface area contributed by atoms with Crippen molar-refractivity contribution in [2.75, 3.05) is 9.80 Å². The van der Waals surface area contributed by atoms with Crippen LogP contribution in [0.2, 0.25) is 0 Å². The van der Waals surface area contributed by atoms with Gasteiger partial charge in [0.1, 0.15) is 0 Å². The second-order valence-corrected chi connectivity index (χ2v) is 9.49. The molecule has 0 saturated carbocycles. The Morgan fingerprint density at radius 2 is 0.971 bits per heavy atom. The van der Waals surface area contributed by atoms with Crippen molar-refractivity contribution in [2.45, 2.75) is 13.8 Å². The van der Waals surface area contributed by atoms with Crippen LogP contribution in [-0.4, -0.2) is 6.71 Å². The van der Waals surface area contributed by atoms with E-state index in [1.807, 2.05) is 0 Å². The molecule has 0 saturated heterocycles. The molecule has 2 nitrogen and oxygen atoms in total. The van der Waals surface area contributed by atoms with Gasteiger partial charge in [-0.1, -0.05) is 72.8 Å². The quantitative estimate of drug-likeness (QED) is 0.283. The topological polar surface area (TPSA) is 6.48 Å². The highest BCUT2D eigenvalue weighted by Gasteiger charge is 2.42. The molecule has 0 fully saturated rings. The standard InChI is InChI=1S/C32H25BN2/c1-22-12-10-19-27(23(22)2)35-29-18-9-7-16-26(29)33-25-15-6-8-17-28(25)34(24-13-4-3-5-14-24)30-20-11-21-31(35)32(30)33/h3-21H,1-2H3. The van der Waals surface area contributed by atoms with Crippen molar-refractivity contribution >= 4 is 57.2 Å². The number of nitrogens with zero attached hydrogens (tertiary/aromatic N) is 2. The summed E-state index contributed by atoms with van der Waals surface area (Å²) in [4.78, 5) is 4.91. The largest absolute Gasteiger partial charge is 0.311 e. The van der Waals surface area contributed by atoms with E-state index in [0.717, 1.165) is 0 Å². The molecule has 166 valence electrons. The molecule has 0 aliphatic carbocycles. The number of fused-ring (bicyclic) bond motifs is 4. The van der Waals surface area contributed by atoms with E-state index in [-0.39, 0.29) is 6.71 Å². The number of hydrogen-bond acceptors (Lipinski definition) is 2. The highest BCUT2D eigenvalue weighted by atomic mass is 15.2. The Morgan fingerprint density at radius 3 is 1.69 bits per heavy atom. The molecular formula is C32H25BN2. The normalized spacial score (nSPS) is 13.3. The van der Waals surface area contributed by atoms with Crippen LogP contribution in [0.1, 0.15) is 11.1 Å². The SMILES string of the molecule is Cc1cccc(N2c3ccccc3B3c4ccccc4N(c4ccccc4)c4cccc2c43)c1C. The van der Waals surface area contributed by atoms with Crippen molar-refractivity contribution in [3.05, 3.63) is 126 Å². The summed E-state index contributed by atoms with van der Waals surface area (Å²) in [7, 11) is 0. The molecule has 7 rings (SSSR count). The molecule has 0 unspecified atom stereocenters. The van der Waals surface area contributed by atoms with Crippen LogP contribution in [-0.2, 0) is 0 Å². The van der Waals surface area contributed by atoms with E-state index >= 15 is 0 Å². The van der Waals surface area contributed by atoms with Crippen LogP contribution in [0.3, 0.4) is 0 Å². The molecule has 0 N–H and O–H groups in total. The van der Waals surface area contributed by atoms with Crippen LogP contribution < -0.4 is 26.2 Å². The van der Waals surface area contributed by atoms with Crippen LogP contribution >= 0.6 is 0 Å². The van der Waals surface area contributed by atoms with Crippen molar-refractivity contribution in [1.82, 2.24) is 0 Å². The van der Waals surface area contributed by atoms with Gasteiger partial charge in [-0.05, 0) is 83.8 Å². The minimum absolute atomic E-state index is 0.190. The zero-order chi connectivity index (χ0) is 23.5. The van der Waals surface area contributed by atoms with Gasteiger partial charge in [-0.3, -0.25) is 0 Å². The van der Waals surface area contributed by atoms with Crippen molar-refractivity contribution in [1.29, 1.82) is 0 Å². The van der Waals surface area contributed by atoms with E-state index < -0.39 is 0 Å². The zero-order valence-corrected chi connectivity index (χ0v) is 19.9. The maximum atomic E-state index is 2.48. The van der Waals surface area contributed by atoms with Gasteiger partial charge in [0.2, 0.25) is 0 Å². The molecule has 2 aliphatic rings. The summed E-state index contributed by atoms with van der Waals surface area (Å²) in [6.07, 6.45) is 0. The van der Waals surface area contributed by atoms with Gasteiger partial charge >= 0.3 is 0 Å². The Hall–Kier alpha value is -4.24. The molecule has 2 aliphatic heterocycles. The Kier molecular flexibility index (Phi) is 4.40. The average Bonchev–Trinajstić information content (AvgIpc) is 2.91. The second-order valence-electron chi connectivity index (χ2n) is 9.49. The van der Waals surface area contributed by atoms with Crippen LogP contribution in [0.25, 0.3) is 0 Å². The predicted molar refractivity (Wildman–Crippen MR) is 150 cm³/mol. The molecule has 0 radical (unpaired) electrons. The summed E-state index contributed by atoms with van der Waals surface area (Å²) in [5.74, 6) is 0. The van der Waals surface area contributed by atoms with Gasteiger partial charge in [-0.2, -0.15) is 0 Å². The van der Waals surface area contributed by atoms with Crippen molar-refractivity contribution in [2.24, 2.45) is 0 Å². The van der Waals surface area contributed by atoms with E-state index in [1.54, 1.807) is 0 Å². The number of rotatable bonds is 2. The lowest BCUT2D eigenvalue weighted by molar-refractivity contribution is 1.22. The lowest BCUT2D eigenvalue weighted by atomic mass is 9.33. The Labute approximate surface area is 207 Å². The summed E-state index contributed by atoms with van der Waals surface area (Å²) in [6, 6.07) is 42.0. The van der Waals surface area contributed by atoms with E-state index in [4.69, 9.17) is 0 Å². The van der Waals surface area contributed by atoms with E-state index in [9.17, 15) is 0 Å². The van der Waals surface area contributed by atoms with Gasteiger partial charge < -0.3 is 9.80 Å². The molecule has 35 heavy (non-hydrogen) atoms. The molecule has 0 atom stereocenters. The van der Waals surface area contributed by atoms with Gasteiger partial charge in [0.15, 0.2) is 0 Å². The number of aryl methyl sites for hydroxylation is 1. The van der Waals surface area contributed by atoms with Crippen LogP contribution in [0.15, 0.2) is 115 Å². The van der Waals surface area contributed by atoms with Gasteiger partial charge in [-0.25, -0.2) is 0 Å². The summed E-state index contributed by atoms with van der Waals surface area (Å²) < 4.78 is 0. The molecule has 0 aromatic heterocycles. The lowest BCUT2D eigenvalue weighted by Crippen LogP contribution is -2.61. The maximum absolute atomic E-state index is 2.48. The fraction of sp³-hybridized carbons (Fsp3) is 0.0625. The average molecular weight is 448 g/mol. The number of anilines is 6. The minimum Gasteiger partial charge on any atom is -0.311 e. The lowest BCUT2D eigenvalue weighted by Gasteiger charge is -2.44. The van der Waals surface area contributed by atoms with E-state index in [2.05, 4.69) is 139 Å². The van der Waals surface area contributed by atoms with E-state index in [0.29, 0.717) is 0 Å². The first kappa shape index (κ1) is 20.2. The van der Waals surface area contributed by atoms with Crippen LogP contribution in [0.5, 0.6) is 0 Å². The van der Waals surface area contributed by atoms with Crippen molar-refractivity contribution < 1.29 is 0 Å². The van der Waals surface area contributed by atoms with Gasteiger partial charge in [0.05, 0.1) is 0 Å². The second kappa shape index (κ2) is 7.64. The van der Waals surface area contributed by atoms with Gasteiger partial charge in [-0.15, -0.1) is 0 Å². The van der Waals surface area contributed by atoms with Gasteiger partial charge in [0, 0.05) is 34.1 Å². The van der Waals surface area contributed by atoms with Crippen molar-refractivity contribution in [3.63, 3.8) is 0 Å². The third-order valence-corrected chi connectivity index (χ3v) is 7.64. The first-order valence-corrected chi connectivity index (χ1v) is 12.3. The van der Waals surface area contributed by atoms with Gasteiger partial charge in [0.25, 0.3) is 6.71 Å². The Balaban J connectivity index is 1.58. The maximum Gasteiger partial charge on any atom is 0.252 e. The minimum atomic E-state index is 0.190. The highest BCUT2D eigenvalue weighted by Crippen LogP contribution is 2.44. The Morgan fingerprint density at radius 1 is 0.457 bits per heavy atom. The molecule has 0 spiro atoms. The molecule has 2 heterocycles. The molecule has 0 amide bonds. The van der Waals surface area contributed by atoms with E-state index in [1.165, 1.54) is 61.6 Å². The zero-order valence-electron chi connectivity index (χ0n) is 19.9. The summed E-state index contributed by atoms with van der Waals surface area (Å²) >= 11 is 0. The number of benzene rings is 5. The summed E-state index contributed by atoms with van der Waals surface area (Å²) in [6.45, 7) is 4.63. The monoisotopic (exact) mass is 448 g/mol. The first-order chi connectivity index (χ1) is 17.2. The smallest absolute Gasteiger partial charge is 0.252 e. The Bertz CT molecular complexity index is 1590. The summed E-state index contributed by atoms with van der Waals surface area (Å²) in [5, 5.41) is 0. The highest BCUT2D eigenvalue weighted by molar-refractivity contribution is 7.00. The van der Waals surface area contributed by atoms with Crippen LogP contribution in [0.4, 0.5) is 34.1 Å². The van der Waals surface area contributed by atoms with Crippen LogP contribution in [0, 0.1) is 13.8 Å². The third-order valence-electron chi connectivity index (χ3n) is 7.64. The fourth-order valence-corrected chi connectivity index (χ4v) is 5.93. The predicted octanol–water partition coefficient (Wildman–Crippen LogP) is 6.39.